The Bertz CT molecular complexity index is 1370. The Balaban J connectivity index is 1.32. The smallest absolute Gasteiger partial charge is 0.251 e. The van der Waals surface area contributed by atoms with E-state index in [-0.39, 0.29) is 36.6 Å². The summed E-state index contributed by atoms with van der Waals surface area (Å²) in [5, 5.41) is 0.480. The summed E-state index contributed by atoms with van der Waals surface area (Å²) in [6.07, 6.45) is 0.861. The highest BCUT2D eigenvalue weighted by molar-refractivity contribution is 7.89. The zero-order valence-corrected chi connectivity index (χ0v) is 19.5. The number of aromatic nitrogens is 1. The number of aryl methyl sites for hydroxylation is 1. The van der Waals surface area contributed by atoms with Crippen molar-refractivity contribution in [2.24, 2.45) is 18.0 Å². The van der Waals surface area contributed by atoms with E-state index in [1.165, 1.54) is 27.8 Å². The number of hydrogen-bond donors (Lipinski definition) is 0. The van der Waals surface area contributed by atoms with Crippen LogP contribution in [0.3, 0.4) is 0 Å². The fourth-order valence-electron chi connectivity index (χ4n) is 3.91. The molecule has 32 heavy (non-hydrogen) atoms. The first-order valence-corrected chi connectivity index (χ1v) is 12.7. The van der Waals surface area contributed by atoms with Gasteiger partial charge in [0.2, 0.25) is 16.8 Å². The first-order valence-electron chi connectivity index (χ1n) is 10.1. The van der Waals surface area contributed by atoms with Crippen molar-refractivity contribution in [1.29, 1.82) is 0 Å². The maximum absolute atomic E-state index is 12.9. The minimum atomic E-state index is -3.61. The largest absolute Gasteiger partial charge is 0.454 e. The fraction of sp³-hybridized carbons (Fsp3) is 0.333. The number of piperidine rings is 1. The molecule has 1 fully saturated rings. The molecule has 0 spiro atoms. The summed E-state index contributed by atoms with van der Waals surface area (Å²) >= 11 is 7.27. The number of ether oxygens (including phenoxy) is 2. The van der Waals surface area contributed by atoms with Crippen molar-refractivity contribution in [2.45, 2.75) is 17.7 Å². The Morgan fingerprint density at radius 2 is 1.78 bits per heavy atom. The molecule has 1 aromatic heterocycles. The van der Waals surface area contributed by atoms with E-state index in [2.05, 4.69) is 4.99 Å². The van der Waals surface area contributed by atoms with Gasteiger partial charge >= 0.3 is 0 Å². The molecule has 3 aromatic rings. The van der Waals surface area contributed by atoms with Gasteiger partial charge in [0.15, 0.2) is 16.3 Å². The maximum atomic E-state index is 12.9. The minimum absolute atomic E-state index is 0.202. The zero-order chi connectivity index (χ0) is 22.5. The van der Waals surface area contributed by atoms with E-state index in [0.717, 1.165) is 10.2 Å². The van der Waals surface area contributed by atoms with Gasteiger partial charge in [-0.3, -0.25) is 4.79 Å². The number of fused-ring (bicyclic) bond motifs is 2. The van der Waals surface area contributed by atoms with Gasteiger partial charge in [-0.15, -0.1) is 0 Å². The van der Waals surface area contributed by atoms with Crippen LogP contribution in [0.2, 0.25) is 5.02 Å². The lowest BCUT2D eigenvalue weighted by atomic mass is 9.98. The number of thiazole rings is 1. The van der Waals surface area contributed by atoms with Crippen LogP contribution in [0.5, 0.6) is 11.5 Å². The summed E-state index contributed by atoms with van der Waals surface area (Å²) < 4.78 is 40.8. The highest BCUT2D eigenvalue weighted by atomic mass is 35.5. The molecule has 5 rings (SSSR count). The lowest BCUT2D eigenvalue weighted by Crippen LogP contribution is -2.40. The zero-order valence-electron chi connectivity index (χ0n) is 17.2. The van der Waals surface area contributed by atoms with E-state index in [4.69, 9.17) is 21.1 Å². The number of sulfonamides is 1. The van der Waals surface area contributed by atoms with Crippen LogP contribution < -0.4 is 14.3 Å². The molecular weight excluding hydrogens is 474 g/mol. The normalized spacial score (nSPS) is 17.9. The van der Waals surface area contributed by atoms with Crippen LogP contribution in [0.1, 0.15) is 12.8 Å². The monoisotopic (exact) mass is 493 g/mol. The van der Waals surface area contributed by atoms with Gasteiger partial charge in [-0.05, 0) is 37.1 Å². The van der Waals surface area contributed by atoms with Crippen molar-refractivity contribution < 1.29 is 22.7 Å². The Kier molecular flexibility index (Phi) is 5.48. The highest BCUT2D eigenvalue weighted by Gasteiger charge is 2.32. The second-order valence-corrected chi connectivity index (χ2v) is 11.1. The molecule has 3 heterocycles. The van der Waals surface area contributed by atoms with Crippen molar-refractivity contribution in [2.75, 3.05) is 19.9 Å². The predicted molar refractivity (Wildman–Crippen MR) is 120 cm³/mol. The van der Waals surface area contributed by atoms with E-state index in [1.807, 2.05) is 23.7 Å². The molecule has 0 bridgehead atoms. The van der Waals surface area contributed by atoms with Gasteiger partial charge < -0.3 is 14.0 Å². The minimum Gasteiger partial charge on any atom is -0.454 e. The first kappa shape index (κ1) is 21.4. The average Bonchev–Trinajstić information content (AvgIpc) is 3.36. The van der Waals surface area contributed by atoms with Gasteiger partial charge in [0.1, 0.15) is 0 Å². The summed E-state index contributed by atoms with van der Waals surface area (Å²) in [7, 11) is -1.75. The number of amides is 1. The van der Waals surface area contributed by atoms with Crippen LogP contribution in [-0.4, -0.2) is 43.1 Å². The van der Waals surface area contributed by atoms with Crippen molar-refractivity contribution in [3.8, 4) is 11.5 Å². The molecule has 1 saturated heterocycles. The Morgan fingerprint density at radius 1 is 1.12 bits per heavy atom. The topological polar surface area (TPSA) is 90.2 Å². The van der Waals surface area contributed by atoms with Gasteiger partial charge in [-0.1, -0.05) is 22.9 Å². The molecule has 11 heteroatoms. The van der Waals surface area contributed by atoms with Gasteiger partial charge in [0.25, 0.3) is 5.91 Å². The molecule has 0 unspecified atom stereocenters. The summed E-state index contributed by atoms with van der Waals surface area (Å²) in [5.74, 6) is 0.828. The van der Waals surface area contributed by atoms with E-state index in [0.29, 0.717) is 34.2 Å². The molecule has 2 aromatic carbocycles. The van der Waals surface area contributed by atoms with Crippen molar-refractivity contribution >= 4 is 49.1 Å². The fourth-order valence-corrected chi connectivity index (χ4v) is 6.54. The van der Waals surface area contributed by atoms with Crippen molar-refractivity contribution in [3.05, 3.63) is 46.2 Å². The molecular formula is C21H20ClN3O5S2. The number of rotatable bonds is 3. The van der Waals surface area contributed by atoms with E-state index in [9.17, 15) is 13.2 Å². The molecule has 2 aliphatic rings. The number of carbonyl (C=O) groups is 1. The third-order valence-electron chi connectivity index (χ3n) is 5.76. The second kappa shape index (κ2) is 8.18. The van der Waals surface area contributed by atoms with Crippen molar-refractivity contribution in [1.82, 2.24) is 8.87 Å². The molecule has 0 N–H and O–H groups in total. The Labute approximate surface area is 193 Å². The summed E-state index contributed by atoms with van der Waals surface area (Å²) in [5.41, 5.74) is 0.912. The van der Waals surface area contributed by atoms with E-state index < -0.39 is 10.0 Å². The average molecular weight is 494 g/mol. The lowest BCUT2D eigenvalue weighted by Gasteiger charge is -2.29. The SMILES string of the molecule is Cn1c(=NC(=O)C2CCN(S(=O)(=O)c3ccc(Cl)cc3)CC2)sc2cc3c(cc21)OCO3. The van der Waals surface area contributed by atoms with Gasteiger partial charge in [-0.25, -0.2) is 8.42 Å². The maximum Gasteiger partial charge on any atom is 0.251 e. The molecule has 0 radical (unpaired) electrons. The molecule has 168 valence electrons. The third-order valence-corrected chi connectivity index (χ3v) is 9.02. The number of hydrogen-bond acceptors (Lipinski definition) is 6. The van der Waals surface area contributed by atoms with Gasteiger partial charge in [-0.2, -0.15) is 9.30 Å². The molecule has 8 nitrogen and oxygen atoms in total. The van der Waals surface area contributed by atoms with Crippen LogP contribution in [0.4, 0.5) is 0 Å². The van der Waals surface area contributed by atoms with E-state index >= 15 is 0 Å². The Hall–Kier alpha value is -2.40. The predicted octanol–water partition coefficient (Wildman–Crippen LogP) is 3.15. The first-order chi connectivity index (χ1) is 15.3. The van der Waals surface area contributed by atoms with Gasteiger partial charge in [0.05, 0.1) is 15.1 Å². The van der Waals surface area contributed by atoms with E-state index in [1.54, 1.807) is 12.1 Å². The Morgan fingerprint density at radius 3 is 2.47 bits per heavy atom. The third kappa shape index (κ3) is 3.81. The van der Waals surface area contributed by atoms with Gasteiger partial charge in [0, 0.05) is 43.2 Å². The quantitative estimate of drug-likeness (QED) is 0.559. The number of carbonyl (C=O) groups excluding carboxylic acids is 1. The number of nitrogens with zero attached hydrogens (tertiary/aromatic N) is 3. The number of benzene rings is 2. The molecule has 0 atom stereocenters. The summed E-state index contributed by atoms with van der Waals surface area (Å²) in [6.45, 7) is 0.756. The standard InChI is InChI=1S/C21H20ClN3O5S2/c1-24-16-10-17-18(30-12-29-17)11-19(16)31-21(24)23-20(26)13-6-8-25(9-7-13)32(27,28)15-4-2-14(22)3-5-15/h2-5,10-11,13H,6-9,12H2,1H3. The molecule has 0 saturated carbocycles. The lowest BCUT2D eigenvalue weighted by molar-refractivity contribution is -0.122. The summed E-state index contributed by atoms with van der Waals surface area (Å²) in [4.78, 5) is 18.0. The highest BCUT2D eigenvalue weighted by Crippen LogP contribution is 2.36. The van der Waals surface area contributed by atoms with Crippen LogP contribution in [0.15, 0.2) is 46.3 Å². The second-order valence-electron chi connectivity index (χ2n) is 7.70. The summed E-state index contributed by atoms with van der Waals surface area (Å²) in [6, 6.07) is 9.89. The molecule has 2 aliphatic heterocycles. The van der Waals surface area contributed by atoms with Crippen LogP contribution in [-0.2, 0) is 21.9 Å². The number of halogens is 1. The molecule has 1 amide bonds. The van der Waals surface area contributed by atoms with Crippen molar-refractivity contribution in [3.63, 3.8) is 0 Å². The van der Waals surface area contributed by atoms with Crippen LogP contribution in [0, 0.1) is 5.92 Å². The molecule has 0 aliphatic carbocycles. The van der Waals surface area contributed by atoms with Crippen LogP contribution >= 0.6 is 22.9 Å². The van der Waals surface area contributed by atoms with Crippen LogP contribution in [0.25, 0.3) is 10.2 Å².